The van der Waals surface area contributed by atoms with Crippen molar-refractivity contribution in [3.8, 4) is 0 Å². The Morgan fingerprint density at radius 1 is 1.65 bits per heavy atom. The lowest BCUT2D eigenvalue weighted by molar-refractivity contribution is 0.185. The van der Waals surface area contributed by atoms with Gasteiger partial charge in [0.1, 0.15) is 4.47 Å². The topological polar surface area (TPSA) is 56.2 Å². The van der Waals surface area contributed by atoms with Gasteiger partial charge in [-0.2, -0.15) is 0 Å². The summed E-state index contributed by atoms with van der Waals surface area (Å²) in [5, 5.41) is 3.34. The number of hydrogen-bond acceptors (Lipinski definition) is 4. The van der Waals surface area contributed by atoms with Crippen molar-refractivity contribution in [2.24, 2.45) is 5.92 Å². The molecule has 1 aromatic heterocycles. The largest absolute Gasteiger partial charge is 0.381 e. The first kappa shape index (κ1) is 12.7. The Hall–Kier alpha value is -0.720. The molecule has 2 heterocycles. The van der Waals surface area contributed by atoms with Gasteiger partial charge < -0.3 is 10.1 Å². The smallest absolute Gasteiger partial charge is 0.267 e. The zero-order valence-electron chi connectivity index (χ0n) is 9.56. The number of rotatable bonds is 5. The molecule has 0 amide bonds. The molecule has 0 aliphatic carbocycles. The van der Waals surface area contributed by atoms with Crippen molar-refractivity contribution in [3.63, 3.8) is 0 Å². The number of aromatic nitrogens is 2. The molecular weight excluding hydrogens is 286 g/mol. The Kier molecular flexibility index (Phi) is 4.70. The monoisotopic (exact) mass is 301 g/mol. The van der Waals surface area contributed by atoms with Crippen LogP contribution in [0.4, 0.5) is 0 Å². The molecule has 94 valence electrons. The van der Waals surface area contributed by atoms with Gasteiger partial charge in [0.15, 0.2) is 0 Å². The minimum atomic E-state index is -0.0361. The third-order valence-corrected chi connectivity index (χ3v) is 3.39. The predicted molar refractivity (Wildman–Crippen MR) is 68.0 cm³/mol. The highest BCUT2D eigenvalue weighted by Crippen LogP contribution is 2.10. The SMILES string of the molecule is O=c1c(Br)cncn1CCNCC1CCOC1. The van der Waals surface area contributed by atoms with Crippen LogP contribution in [0, 0.1) is 5.92 Å². The van der Waals surface area contributed by atoms with Crippen molar-refractivity contribution < 1.29 is 4.74 Å². The molecular formula is C11H16BrN3O2. The van der Waals surface area contributed by atoms with E-state index in [9.17, 15) is 4.79 Å². The van der Waals surface area contributed by atoms with Gasteiger partial charge in [-0.1, -0.05) is 0 Å². The fraction of sp³-hybridized carbons (Fsp3) is 0.636. The van der Waals surface area contributed by atoms with Crippen LogP contribution in [-0.2, 0) is 11.3 Å². The summed E-state index contributed by atoms with van der Waals surface area (Å²) in [4.78, 5) is 15.6. The first-order chi connectivity index (χ1) is 8.27. The molecule has 0 aromatic carbocycles. The molecule has 1 aliphatic heterocycles. The van der Waals surface area contributed by atoms with Crippen molar-refractivity contribution in [3.05, 3.63) is 27.4 Å². The normalized spacial score (nSPS) is 19.7. The van der Waals surface area contributed by atoms with Gasteiger partial charge in [0.25, 0.3) is 5.56 Å². The van der Waals surface area contributed by atoms with Gasteiger partial charge in [-0.3, -0.25) is 9.36 Å². The van der Waals surface area contributed by atoms with Gasteiger partial charge in [-0.25, -0.2) is 4.98 Å². The molecule has 2 rings (SSSR count). The van der Waals surface area contributed by atoms with E-state index in [0.717, 1.165) is 32.7 Å². The Labute approximate surface area is 108 Å². The second kappa shape index (κ2) is 6.28. The number of ether oxygens (including phenoxy) is 1. The maximum absolute atomic E-state index is 11.6. The van der Waals surface area contributed by atoms with E-state index in [1.807, 2.05) is 0 Å². The summed E-state index contributed by atoms with van der Waals surface area (Å²) >= 11 is 3.18. The maximum atomic E-state index is 11.6. The zero-order valence-corrected chi connectivity index (χ0v) is 11.1. The lowest BCUT2D eigenvalue weighted by Gasteiger charge is -2.10. The van der Waals surface area contributed by atoms with E-state index < -0.39 is 0 Å². The second-order valence-corrected chi connectivity index (χ2v) is 5.03. The van der Waals surface area contributed by atoms with Crippen LogP contribution in [0.15, 0.2) is 21.8 Å². The van der Waals surface area contributed by atoms with Crippen LogP contribution < -0.4 is 10.9 Å². The molecule has 1 atom stereocenters. The molecule has 0 spiro atoms. The Morgan fingerprint density at radius 2 is 2.53 bits per heavy atom. The lowest BCUT2D eigenvalue weighted by atomic mass is 10.1. The molecule has 0 saturated carbocycles. The number of halogens is 1. The minimum Gasteiger partial charge on any atom is -0.381 e. The van der Waals surface area contributed by atoms with E-state index in [1.54, 1.807) is 10.9 Å². The van der Waals surface area contributed by atoms with Gasteiger partial charge in [0.2, 0.25) is 0 Å². The van der Waals surface area contributed by atoms with Crippen molar-refractivity contribution in [1.82, 2.24) is 14.9 Å². The van der Waals surface area contributed by atoms with E-state index in [-0.39, 0.29) is 5.56 Å². The number of hydrogen-bond donors (Lipinski definition) is 1. The van der Waals surface area contributed by atoms with Crippen LogP contribution in [0.25, 0.3) is 0 Å². The second-order valence-electron chi connectivity index (χ2n) is 4.17. The fourth-order valence-electron chi connectivity index (χ4n) is 1.83. The van der Waals surface area contributed by atoms with Gasteiger partial charge in [0.05, 0.1) is 12.9 Å². The summed E-state index contributed by atoms with van der Waals surface area (Å²) in [7, 11) is 0. The summed E-state index contributed by atoms with van der Waals surface area (Å²) in [6, 6.07) is 0. The Balaban J connectivity index is 1.74. The van der Waals surface area contributed by atoms with Gasteiger partial charge in [-0.15, -0.1) is 0 Å². The standard InChI is InChI=1S/C11H16BrN3O2/c12-10-6-14-8-15(11(10)16)3-2-13-5-9-1-4-17-7-9/h6,8-9,13H,1-5,7H2. The molecule has 1 fully saturated rings. The van der Waals surface area contributed by atoms with Gasteiger partial charge in [-0.05, 0) is 28.3 Å². The van der Waals surface area contributed by atoms with Crippen LogP contribution in [0.5, 0.6) is 0 Å². The molecule has 1 aliphatic rings. The van der Waals surface area contributed by atoms with Crippen LogP contribution in [0.3, 0.4) is 0 Å². The van der Waals surface area contributed by atoms with E-state index >= 15 is 0 Å². The van der Waals surface area contributed by atoms with E-state index in [4.69, 9.17) is 4.74 Å². The van der Waals surface area contributed by atoms with Crippen LogP contribution in [0.1, 0.15) is 6.42 Å². The summed E-state index contributed by atoms with van der Waals surface area (Å²) in [5.74, 6) is 0.618. The first-order valence-electron chi connectivity index (χ1n) is 5.76. The van der Waals surface area contributed by atoms with Crippen LogP contribution in [0.2, 0.25) is 0 Å². The first-order valence-corrected chi connectivity index (χ1v) is 6.55. The molecule has 1 aromatic rings. The summed E-state index contributed by atoms with van der Waals surface area (Å²) in [5.41, 5.74) is -0.0361. The highest BCUT2D eigenvalue weighted by molar-refractivity contribution is 9.10. The fourth-order valence-corrected chi connectivity index (χ4v) is 2.18. The molecule has 0 radical (unpaired) electrons. The van der Waals surface area contributed by atoms with Gasteiger partial charge in [0, 0.05) is 32.4 Å². The third-order valence-electron chi connectivity index (χ3n) is 2.85. The van der Waals surface area contributed by atoms with Crippen molar-refractivity contribution in [1.29, 1.82) is 0 Å². The highest BCUT2D eigenvalue weighted by Gasteiger charge is 2.14. The Morgan fingerprint density at radius 3 is 3.29 bits per heavy atom. The van der Waals surface area contributed by atoms with Gasteiger partial charge >= 0.3 is 0 Å². The zero-order chi connectivity index (χ0) is 12.1. The van der Waals surface area contributed by atoms with Crippen LogP contribution >= 0.6 is 15.9 Å². The average Bonchev–Trinajstić information content (AvgIpc) is 2.83. The van der Waals surface area contributed by atoms with E-state index in [1.165, 1.54) is 6.20 Å². The molecule has 5 nitrogen and oxygen atoms in total. The van der Waals surface area contributed by atoms with Crippen molar-refractivity contribution in [2.75, 3.05) is 26.3 Å². The Bertz CT molecular complexity index is 415. The lowest BCUT2D eigenvalue weighted by Crippen LogP contribution is -2.30. The van der Waals surface area contributed by atoms with Crippen molar-refractivity contribution >= 4 is 15.9 Å². The highest BCUT2D eigenvalue weighted by atomic mass is 79.9. The van der Waals surface area contributed by atoms with Crippen LogP contribution in [-0.4, -0.2) is 35.9 Å². The molecule has 1 N–H and O–H groups in total. The quantitative estimate of drug-likeness (QED) is 0.811. The molecule has 1 unspecified atom stereocenters. The predicted octanol–water partition coefficient (Wildman–Crippen LogP) is 0.632. The molecule has 6 heteroatoms. The van der Waals surface area contributed by atoms with Crippen molar-refractivity contribution in [2.45, 2.75) is 13.0 Å². The summed E-state index contributed by atoms with van der Waals surface area (Å²) < 4.78 is 7.40. The number of nitrogens with zero attached hydrogens (tertiary/aromatic N) is 2. The number of nitrogens with one attached hydrogen (secondary N) is 1. The average molecular weight is 302 g/mol. The summed E-state index contributed by atoms with van der Waals surface area (Å²) in [6.45, 7) is 4.09. The molecule has 0 bridgehead atoms. The minimum absolute atomic E-state index is 0.0361. The van der Waals surface area contributed by atoms with E-state index in [0.29, 0.717) is 16.9 Å². The van der Waals surface area contributed by atoms with E-state index in [2.05, 4.69) is 26.2 Å². The molecule has 17 heavy (non-hydrogen) atoms. The third kappa shape index (κ3) is 3.62. The maximum Gasteiger partial charge on any atom is 0.267 e. The molecule has 1 saturated heterocycles. The summed E-state index contributed by atoms with van der Waals surface area (Å²) in [6.07, 6.45) is 4.21.